The predicted octanol–water partition coefficient (Wildman–Crippen LogP) is 5.06. The molecular weight excluding hydrogens is 352 g/mol. The van der Waals surface area contributed by atoms with Crippen LogP contribution in [-0.4, -0.2) is 11.8 Å². The van der Waals surface area contributed by atoms with Gasteiger partial charge in [0.15, 0.2) is 0 Å². The van der Waals surface area contributed by atoms with Gasteiger partial charge in [0.25, 0.3) is 0 Å². The van der Waals surface area contributed by atoms with E-state index in [0.717, 1.165) is 22.6 Å². The van der Waals surface area contributed by atoms with Gasteiger partial charge >= 0.3 is 0 Å². The Labute approximate surface area is 164 Å². The molecule has 0 saturated heterocycles. The molecule has 5 heteroatoms. The van der Waals surface area contributed by atoms with E-state index in [2.05, 4.69) is 10.6 Å². The fourth-order valence-electron chi connectivity index (χ4n) is 2.65. The highest BCUT2D eigenvalue weighted by atomic mass is 16.5. The summed E-state index contributed by atoms with van der Waals surface area (Å²) in [6.45, 7) is 3.86. The molecule has 0 saturated carbocycles. The number of amides is 2. The van der Waals surface area contributed by atoms with Crippen LogP contribution in [0.5, 0.6) is 11.5 Å². The molecule has 0 spiro atoms. The van der Waals surface area contributed by atoms with E-state index >= 15 is 0 Å². The van der Waals surface area contributed by atoms with Crippen molar-refractivity contribution in [1.29, 1.82) is 0 Å². The van der Waals surface area contributed by atoms with Crippen molar-refractivity contribution in [3.05, 3.63) is 83.9 Å². The largest absolute Gasteiger partial charge is 0.457 e. The number of ether oxygens (including phenoxy) is 1. The van der Waals surface area contributed by atoms with Gasteiger partial charge in [-0.2, -0.15) is 0 Å². The first-order valence-corrected chi connectivity index (χ1v) is 8.99. The van der Waals surface area contributed by atoms with Crippen LogP contribution >= 0.6 is 0 Å². The molecule has 0 radical (unpaired) electrons. The topological polar surface area (TPSA) is 67.4 Å². The Hall–Kier alpha value is -3.60. The van der Waals surface area contributed by atoms with Crippen LogP contribution in [0.25, 0.3) is 0 Å². The van der Waals surface area contributed by atoms with Crippen LogP contribution in [0.2, 0.25) is 0 Å². The van der Waals surface area contributed by atoms with Gasteiger partial charge in [0.05, 0.1) is 0 Å². The number of nitrogens with one attached hydrogen (secondary N) is 2. The third-order valence-corrected chi connectivity index (χ3v) is 4.11. The maximum atomic E-state index is 12.1. The highest BCUT2D eigenvalue weighted by molar-refractivity contribution is 6.08. The van der Waals surface area contributed by atoms with Gasteiger partial charge in [0.1, 0.15) is 17.9 Å². The van der Waals surface area contributed by atoms with Gasteiger partial charge in [-0.3, -0.25) is 9.59 Å². The van der Waals surface area contributed by atoms with Crippen LogP contribution in [0, 0.1) is 13.8 Å². The average molecular weight is 374 g/mol. The zero-order valence-corrected chi connectivity index (χ0v) is 15.9. The summed E-state index contributed by atoms with van der Waals surface area (Å²) in [5, 5.41) is 5.50. The number of anilines is 2. The van der Waals surface area contributed by atoms with Crippen LogP contribution in [0.4, 0.5) is 11.4 Å². The molecule has 3 rings (SSSR count). The second kappa shape index (κ2) is 8.86. The SMILES string of the molecule is Cc1ccc(C)c(NC(=O)CC(=O)Nc2ccc(Oc3ccccc3)cc2)c1. The number of aryl methyl sites for hydroxylation is 2. The number of carbonyl (C=O) groups excluding carboxylic acids is 2. The van der Waals surface area contributed by atoms with Gasteiger partial charge in [-0.1, -0.05) is 30.3 Å². The first-order chi connectivity index (χ1) is 13.5. The number of carbonyl (C=O) groups is 2. The van der Waals surface area contributed by atoms with E-state index in [1.165, 1.54) is 0 Å². The molecule has 0 fully saturated rings. The van der Waals surface area contributed by atoms with Crippen LogP contribution < -0.4 is 15.4 Å². The normalized spacial score (nSPS) is 10.2. The Kier molecular flexibility index (Phi) is 6.07. The number of para-hydroxylation sites is 1. The summed E-state index contributed by atoms with van der Waals surface area (Å²) in [6.07, 6.45) is -0.254. The second-order valence-electron chi connectivity index (χ2n) is 6.53. The van der Waals surface area contributed by atoms with E-state index in [1.807, 2.05) is 62.4 Å². The molecular formula is C23H22N2O3. The highest BCUT2D eigenvalue weighted by Gasteiger charge is 2.11. The minimum atomic E-state index is -0.375. The van der Waals surface area contributed by atoms with E-state index in [0.29, 0.717) is 11.4 Å². The number of hydrogen-bond acceptors (Lipinski definition) is 3. The van der Waals surface area contributed by atoms with E-state index in [9.17, 15) is 9.59 Å². The molecule has 28 heavy (non-hydrogen) atoms. The fraction of sp³-hybridized carbons (Fsp3) is 0.130. The van der Waals surface area contributed by atoms with Crippen molar-refractivity contribution in [2.45, 2.75) is 20.3 Å². The summed E-state index contributed by atoms with van der Waals surface area (Å²) in [7, 11) is 0. The Balaban J connectivity index is 1.53. The average Bonchev–Trinajstić information content (AvgIpc) is 2.67. The lowest BCUT2D eigenvalue weighted by atomic mass is 10.1. The zero-order valence-electron chi connectivity index (χ0n) is 15.9. The molecule has 3 aromatic rings. The lowest BCUT2D eigenvalue weighted by molar-refractivity contribution is -0.123. The second-order valence-corrected chi connectivity index (χ2v) is 6.53. The Morgan fingerprint density at radius 1 is 0.786 bits per heavy atom. The molecule has 0 aliphatic carbocycles. The lowest BCUT2D eigenvalue weighted by Crippen LogP contribution is -2.21. The number of benzene rings is 3. The molecule has 0 heterocycles. The van der Waals surface area contributed by atoms with Crippen LogP contribution in [-0.2, 0) is 9.59 Å². The van der Waals surface area contributed by atoms with E-state index < -0.39 is 0 Å². The first-order valence-electron chi connectivity index (χ1n) is 8.99. The Bertz CT molecular complexity index is 967. The van der Waals surface area contributed by atoms with Crippen LogP contribution in [0.3, 0.4) is 0 Å². The quantitative estimate of drug-likeness (QED) is 0.593. The molecule has 142 valence electrons. The van der Waals surface area contributed by atoms with Crippen molar-refractivity contribution < 1.29 is 14.3 Å². The van der Waals surface area contributed by atoms with E-state index in [4.69, 9.17) is 4.74 Å². The Morgan fingerprint density at radius 3 is 2.14 bits per heavy atom. The van der Waals surface area contributed by atoms with Gasteiger partial charge < -0.3 is 15.4 Å². The molecule has 0 aliphatic rings. The van der Waals surface area contributed by atoms with Crippen LogP contribution in [0.15, 0.2) is 72.8 Å². The molecule has 0 unspecified atom stereocenters. The minimum Gasteiger partial charge on any atom is -0.457 e. The standard InChI is InChI=1S/C23H22N2O3/c1-16-8-9-17(2)21(14-16)25-23(27)15-22(26)24-18-10-12-20(13-11-18)28-19-6-4-3-5-7-19/h3-14H,15H2,1-2H3,(H,24,26)(H,25,27). The van der Waals surface area contributed by atoms with Crippen molar-refractivity contribution in [1.82, 2.24) is 0 Å². The van der Waals surface area contributed by atoms with E-state index in [1.54, 1.807) is 24.3 Å². The van der Waals surface area contributed by atoms with Gasteiger partial charge in [-0.25, -0.2) is 0 Å². The molecule has 2 N–H and O–H groups in total. The molecule has 0 bridgehead atoms. The molecule has 3 aromatic carbocycles. The van der Waals surface area contributed by atoms with Crippen molar-refractivity contribution in [3.8, 4) is 11.5 Å². The maximum absolute atomic E-state index is 12.1. The minimum absolute atomic E-state index is 0.254. The van der Waals surface area contributed by atoms with Crippen LogP contribution in [0.1, 0.15) is 17.5 Å². The zero-order chi connectivity index (χ0) is 19.9. The summed E-state index contributed by atoms with van der Waals surface area (Å²) >= 11 is 0. The smallest absolute Gasteiger partial charge is 0.233 e. The molecule has 0 aromatic heterocycles. The number of hydrogen-bond donors (Lipinski definition) is 2. The molecule has 5 nitrogen and oxygen atoms in total. The summed E-state index contributed by atoms with van der Waals surface area (Å²) in [5.74, 6) is 0.675. The predicted molar refractivity (Wildman–Crippen MR) is 111 cm³/mol. The molecule has 0 aliphatic heterocycles. The molecule has 2 amide bonds. The lowest BCUT2D eigenvalue weighted by Gasteiger charge is -2.10. The number of rotatable bonds is 6. The van der Waals surface area contributed by atoms with Gasteiger partial charge in [-0.05, 0) is 67.4 Å². The van der Waals surface area contributed by atoms with Crippen molar-refractivity contribution >= 4 is 23.2 Å². The summed E-state index contributed by atoms with van der Waals surface area (Å²) < 4.78 is 5.71. The first kappa shape index (κ1) is 19.2. The molecule has 0 atom stereocenters. The van der Waals surface area contributed by atoms with Crippen molar-refractivity contribution in [2.24, 2.45) is 0 Å². The maximum Gasteiger partial charge on any atom is 0.233 e. The van der Waals surface area contributed by atoms with Crippen molar-refractivity contribution in [3.63, 3.8) is 0 Å². The van der Waals surface area contributed by atoms with Gasteiger partial charge in [0.2, 0.25) is 11.8 Å². The summed E-state index contributed by atoms with van der Waals surface area (Å²) in [4.78, 5) is 24.3. The Morgan fingerprint density at radius 2 is 1.43 bits per heavy atom. The highest BCUT2D eigenvalue weighted by Crippen LogP contribution is 2.22. The summed E-state index contributed by atoms with van der Waals surface area (Å²) in [6, 6.07) is 22.2. The summed E-state index contributed by atoms with van der Waals surface area (Å²) in [5.41, 5.74) is 3.32. The van der Waals surface area contributed by atoms with Gasteiger partial charge in [0, 0.05) is 11.4 Å². The fourth-order valence-corrected chi connectivity index (χ4v) is 2.65. The third kappa shape index (κ3) is 5.45. The van der Waals surface area contributed by atoms with Gasteiger partial charge in [-0.15, -0.1) is 0 Å². The van der Waals surface area contributed by atoms with Crippen molar-refractivity contribution in [2.75, 3.05) is 10.6 Å². The monoisotopic (exact) mass is 374 g/mol. The van der Waals surface area contributed by atoms with E-state index in [-0.39, 0.29) is 18.2 Å². The third-order valence-electron chi connectivity index (χ3n) is 4.11.